The number of aliphatic hydroxyl groups is 1. The number of esters is 1. The molecular weight excluding hydrogens is 505 g/mol. The summed E-state index contributed by atoms with van der Waals surface area (Å²) >= 11 is 14.1. The highest BCUT2D eigenvalue weighted by molar-refractivity contribution is 8.18. The molecule has 0 radical (unpaired) electrons. The van der Waals surface area contributed by atoms with Gasteiger partial charge in [0.25, 0.3) is 0 Å². The first-order chi connectivity index (χ1) is 17.0. The number of thioether (sulfide) groups is 1. The normalized spacial score (nSPS) is 15.6. The lowest BCUT2D eigenvalue weighted by Gasteiger charge is -2.11. The fourth-order valence-electron chi connectivity index (χ4n) is 3.29. The van der Waals surface area contributed by atoms with Gasteiger partial charge in [-0.2, -0.15) is 0 Å². The molecule has 0 saturated heterocycles. The van der Waals surface area contributed by atoms with Crippen molar-refractivity contribution in [3.8, 4) is 5.75 Å². The van der Waals surface area contributed by atoms with Crippen molar-refractivity contribution in [2.45, 2.75) is 13.5 Å². The van der Waals surface area contributed by atoms with Gasteiger partial charge in [-0.3, -0.25) is 0 Å². The zero-order valence-electron chi connectivity index (χ0n) is 18.7. The number of aliphatic imine (C=N–C) groups is 1. The molecule has 0 amide bonds. The van der Waals surface area contributed by atoms with E-state index < -0.39 is 5.97 Å². The number of ether oxygens (including phenoxy) is 2. The Kier molecular flexibility index (Phi) is 8.18. The van der Waals surface area contributed by atoms with E-state index in [0.717, 1.165) is 17.3 Å². The summed E-state index contributed by atoms with van der Waals surface area (Å²) in [5, 5.41) is 11.9. The summed E-state index contributed by atoms with van der Waals surface area (Å²) in [7, 11) is 0. The van der Waals surface area contributed by atoms with Crippen molar-refractivity contribution in [1.82, 2.24) is 0 Å². The third kappa shape index (κ3) is 6.09. The van der Waals surface area contributed by atoms with E-state index in [2.05, 4.69) is 4.99 Å². The number of hydrogen-bond donors (Lipinski definition) is 1. The van der Waals surface area contributed by atoms with Crippen molar-refractivity contribution in [2.75, 3.05) is 6.61 Å². The maximum Gasteiger partial charge on any atom is 0.344 e. The Hall–Kier alpha value is -3.19. The molecule has 0 unspecified atom stereocenters. The van der Waals surface area contributed by atoms with Gasteiger partial charge in [0.05, 0.1) is 27.2 Å². The number of nitrogens with zero attached hydrogens (tertiary/aromatic N) is 1. The molecular formula is C27H21Cl2NO4S. The SMILES string of the molecule is CCOC(=O)C1=C(O)/C(=C/c2cc(Cl)c(OCc3ccccc3)c(Cl)c2)SC1=Nc1ccccc1. The van der Waals surface area contributed by atoms with Crippen LogP contribution in [-0.2, 0) is 16.1 Å². The zero-order valence-corrected chi connectivity index (χ0v) is 21.0. The van der Waals surface area contributed by atoms with Gasteiger partial charge in [0.1, 0.15) is 23.0 Å². The summed E-state index contributed by atoms with van der Waals surface area (Å²) in [6.45, 7) is 2.20. The predicted molar refractivity (Wildman–Crippen MR) is 143 cm³/mol. The molecule has 0 aliphatic carbocycles. The number of carbonyl (C=O) groups is 1. The summed E-state index contributed by atoms with van der Waals surface area (Å²) in [6, 6.07) is 22.2. The second-order valence-corrected chi connectivity index (χ2v) is 9.24. The Bertz CT molecular complexity index is 1300. The van der Waals surface area contributed by atoms with Crippen molar-refractivity contribution >= 4 is 57.7 Å². The van der Waals surface area contributed by atoms with Crippen LogP contribution in [-0.4, -0.2) is 22.7 Å². The molecule has 4 rings (SSSR count). The van der Waals surface area contributed by atoms with Crippen LogP contribution >= 0.6 is 35.0 Å². The molecule has 3 aromatic rings. The summed E-state index contributed by atoms with van der Waals surface area (Å²) < 4.78 is 11.0. The Labute approximate surface area is 217 Å². The van der Waals surface area contributed by atoms with E-state index in [-0.39, 0.29) is 17.9 Å². The minimum absolute atomic E-state index is 0.0203. The van der Waals surface area contributed by atoms with Gasteiger partial charge in [0.2, 0.25) is 0 Å². The van der Waals surface area contributed by atoms with Gasteiger partial charge in [0, 0.05) is 0 Å². The number of aliphatic hydroxyl groups excluding tert-OH is 1. The molecule has 1 heterocycles. The fraction of sp³-hybridized carbons (Fsp3) is 0.111. The van der Waals surface area contributed by atoms with Crippen molar-refractivity contribution in [3.05, 3.63) is 110 Å². The average molecular weight is 526 g/mol. The molecule has 5 nitrogen and oxygen atoms in total. The molecule has 1 aliphatic heterocycles. The lowest BCUT2D eigenvalue weighted by molar-refractivity contribution is -0.138. The van der Waals surface area contributed by atoms with E-state index in [4.69, 9.17) is 32.7 Å². The van der Waals surface area contributed by atoms with Crippen LogP contribution in [0.5, 0.6) is 5.75 Å². The van der Waals surface area contributed by atoms with Crippen LogP contribution in [0.4, 0.5) is 5.69 Å². The van der Waals surface area contributed by atoms with Gasteiger partial charge >= 0.3 is 5.97 Å². The van der Waals surface area contributed by atoms with Gasteiger partial charge in [-0.1, -0.05) is 83.5 Å². The first-order valence-corrected chi connectivity index (χ1v) is 12.3. The Morgan fingerprint density at radius 1 is 1.03 bits per heavy atom. The Morgan fingerprint density at radius 2 is 1.66 bits per heavy atom. The van der Waals surface area contributed by atoms with Crippen LogP contribution < -0.4 is 4.74 Å². The van der Waals surface area contributed by atoms with Crippen LogP contribution in [0.2, 0.25) is 10.0 Å². The van der Waals surface area contributed by atoms with Crippen molar-refractivity contribution in [3.63, 3.8) is 0 Å². The molecule has 0 spiro atoms. The first kappa shape index (κ1) is 24.9. The van der Waals surface area contributed by atoms with Gasteiger partial charge < -0.3 is 14.6 Å². The predicted octanol–water partition coefficient (Wildman–Crippen LogP) is 7.77. The molecule has 0 atom stereocenters. The zero-order chi connectivity index (χ0) is 24.8. The van der Waals surface area contributed by atoms with Gasteiger partial charge in [-0.15, -0.1) is 0 Å². The van der Waals surface area contributed by atoms with Crippen LogP contribution in [0.25, 0.3) is 6.08 Å². The molecule has 8 heteroatoms. The van der Waals surface area contributed by atoms with Crippen LogP contribution in [0, 0.1) is 0 Å². The highest BCUT2D eigenvalue weighted by atomic mass is 35.5. The van der Waals surface area contributed by atoms with Crippen LogP contribution in [0.15, 0.2) is 94.0 Å². The third-order valence-corrected chi connectivity index (χ3v) is 6.48. The second-order valence-electron chi connectivity index (χ2n) is 7.40. The van der Waals surface area contributed by atoms with E-state index in [9.17, 15) is 9.90 Å². The Balaban J connectivity index is 1.64. The minimum atomic E-state index is -0.642. The molecule has 35 heavy (non-hydrogen) atoms. The van der Waals surface area contributed by atoms with Crippen molar-refractivity contribution in [2.24, 2.45) is 4.99 Å². The number of hydrogen-bond acceptors (Lipinski definition) is 6. The van der Waals surface area contributed by atoms with E-state index in [0.29, 0.717) is 43.6 Å². The van der Waals surface area contributed by atoms with Crippen LogP contribution in [0.3, 0.4) is 0 Å². The van der Waals surface area contributed by atoms with Gasteiger partial charge in [-0.25, -0.2) is 9.79 Å². The molecule has 1 N–H and O–H groups in total. The molecule has 0 bridgehead atoms. The van der Waals surface area contributed by atoms with Gasteiger partial charge in [0.15, 0.2) is 5.75 Å². The maximum absolute atomic E-state index is 12.6. The summed E-state index contributed by atoms with van der Waals surface area (Å²) in [5.41, 5.74) is 2.29. The molecule has 178 valence electrons. The van der Waals surface area contributed by atoms with Gasteiger partial charge in [-0.05, 0) is 48.4 Å². The standard InChI is InChI=1S/C27H21Cl2NO4S/c1-2-33-27(32)23-24(31)22(35-26(23)30-19-11-7-4-8-12-19)15-18-13-20(28)25(21(29)14-18)34-16-17-9-5-3-6-10-17/h3-15,31H,2,16H2,1H3/b22-15-,30-26?. The summed E-state index contributed by atoms with van der Waals surface area (Å²) in [5.74, 6) is -0.479. The van der Waals surface area contributed by atoms with Crippen molar-refractivity contribution < 1.29 is 19.4 Å². The molecule has 3 aromatic carbocycles. The van der Waals surface area contributed by atoms with E-state index >= 15 is 0 Å². The number of carbonyl (C=O) groups excluding carboxylic acids is 1. The monoisotopic (exact) mass is 525 g/mol. The highest BCUT2D eigenvalue weighted by Crippen LogP contribution is 2.42. The smallest absolute Gasteiger partial charge is 0.344 e. The Morgan fingerprint density at radius 3 is 2.29 bits per heavy atom. The average Bonchev–Trinajstić information content (AvgIpc) is 3.14. The fourth-order valence-corrected chi connectivity index (χ4v) is 4.94. The first-order valence-electron chi connectivity index (χ1n) is 10.8. The third-order valence-electron chi connectivity index (χ3n) is 4.90. The van der Waals surface area contributed by atoms with E-state index in [1.54, 1.807) is 25.1 Å². The van der Waals surface area contributed by atoms with E-state index in [1.165, 1.54) is 0 Å². The lowest BCUT2D eigenvalue weighted by atomic mass is 10.1. The highest BCUT2D eigenvalue weighted by Gasteiger charge is 2.33. The lowest BCUT2D eigenvalue weighted by Crippen LogP contribution is -2.12. The molecule has 1 aliphatic rings. The maximum atomic E-state index is 12.6. The number of benzene rings is 3. The summed E-state index contributed by atoms with van der Waals surface area (Å²) in [4.78, 5) is 17.5. The molecule has 0 aromatic heterocycles. The largest absolute Gasteiger partial charge is 0.506 e. The summed E-state index contributed by atoms with van der Waals surface area (Å²) in [6.07, 6.45) is 1.69. The van der Waals surface area contributed by atoms with Crippen molar-refractivity contribution in [1.29, 1.82) is 0 Å². The number of para-hydroxylation sites is 1. The number of rotatable bonds is 7. The number of halogens is 2. The molecule has 0 saturated carbocycles. The minimum Gasteiger partial charge on any atom is -0.506 e. The quantitative estimate of drug-likeness (QED) is 0.319. The van der Waals surface area contributed by atoms with E-state index in [1.807, 2.05) is 60.7 Å². The van der Waals surface area contributed by atoms with Crippen LogP contribution in [0.1, 0.15) is 18.1 Å². The molecule has 0 fully saturated rings. The second kappa shape index (κ2) is 11.5. The topological polar surface area (TPSA) is 68.1 Å².